The molecule has 12 nitrogen and oxygen atoms in total. The normalized spacial score (nSPS) is 11.0. The maximum Gasteiger partial charge on any atom is 0.350 e. The van der Waals surface area contributed by atoms with Crippen LogP contribution in [0.1, 0.15) is 11.8 Å². The molecule has 0 saturated heterocycles. The number of nitrogens with zero attached hydrogens (tertiary/aromatic N) is 4. The maximum absolute atomic E-state index is 13.3. The van der Waals surface area contributed by atoms with Crippen LogP contribution in [0.3, 0.4) is 0 Å². The second-order valence-corrected chi connectivity index (χ2v) is 10.9. The zero-order chi connectivity index (χ0) is 31.7. The van der Waals surface area contributed by atoms with Crippen LogP contribution in [-0.4, -0.2) is 46.9 Å². The average Bonchev–Trinajstić information content (AvgIpc) is 3.58. The number of carboxylic acid groups (broad SMARTS) is 3. The molecule has 0 radical (unpaired) electrons. The van der Waals surface area contributed by atoms with Gasteiger partial charge in [0.15, 0.2) is 5.57 Å². The second kappa shape index (κ2) is 11.9. The first kappa shape index (κ1) is 29.7. The Morgan fingerprint density at radius 1 is 0.864 bits per heavy atom. The third kappa shape index (κ3) is 5.30. The summed E-state index contributed by atoms with van der Waals surface area (Å²) in [6, 6.07) is 19.4. The van der Waals surface area contributed by atoms with Crippen LogP contribution < -0.4 is 21.8 Å². The molecule has 0 unspecified atom stereocenters. The van der Waals surface area contributed by atoms with E-state index in [2.05, 4.69) is 35.8 Å². The summed E-state index contributed by atoms with van der Waals surface area (Å²) in [4.78, 5) is 63.2. The number of hydrogen-bond acceptors (Lipinski definition) is 7. The van der Waals surface area contributed by atoms with Gasteiger partial charge in [-0.25, -0.2) is 4.79 Å². The number of para-hydroxylation sites is 1. The highest BCUT2D eigenvalue weighted by Crippen LogP contribution is 2.35. The first-order valence-electron chi connectivity index (χ1n) is 13.3. The summed E-state index contributed by atoms with van der Waals surface area (Å²) in [7, 11) is 0. The Bertz CT molecular complexity index is 2240. The largest absolute Gasteiger partial charge is 0.480 e. The van der Waals surface area contributed by atoms with E-state index in [1.807, 2.05) is 30.3 Å². The van der Waals surface area contributed by atoms with E-state index in [0.29, 0.717) is 9.13 Å². The predicted molar refractivity (Wildman–Crippen MR) is 163 cm³/mol. The van der Waals surface area contributed by atoms with Crippen LogP contribution in [-0.2, 0) is 40.4 Å². The minimum atomic E-state index is -1.86. The number of thiophene rings is 1. The Morgan fingerprint density at radius 2 is 1.50 bits per heavy atom. The van der Waals surface area contributed by atoms with Gasteiger partial charge in [-0.15, -0.1) is 11.3 Å². The lowest BCUT2D eigenvalue weighted by Gasteiger charge is -2.11. The van der Waals surface area contributed by atoms with Crippen LogP contribution in [0.5, 0.6) is 0 Å². The van der Waals surface area contributed by atoms with Crippen molar-refractivity contribution in [3.63, 3.8) is 0 Å². The first-order valence-corrected chi connectivity index (χ1v) is 14.1. The van der Waals surface area contributed by atoms with Crippen LogP contribution in [0.25, 0.3) is 43.9 Å². The smallest absolute Gasteiger partial charge is 0.350 e. The molecule has 3 N–H and O–H groups in total. The third-order valence-electron chi connectivity index (χ3n) is 7.14. The Balaban J connectivity index is 1.63. The number of hydrogen-bond donors (Lipinski definition) is 3. The molecule has 44 heavy (non-hydrogen) atoms. The third-order valence-corrected chi connectivity index (χ3v) is 8.30. The highest BCUT2D eigenvalue weighted by molar-refractivity contribution is 7.15. The van der Waals surface area contributed by atoms with Gasteiger partial charge in [0, 0.05) is 44.5 Å². The lowest BCUT2D eigenvalue weighted by atomic mass is 10.1. The van der Waals surface area contributed by atoms with Gasteiger partial charge in [0.05, 0.1) is 0 Å². The predicted octanol–water partition coefficient (Wildman–Crippen LogP) is 1.82. The molecule has 0 aliphatic heterocycles. The molecule has 0 spiro atoms. The van der Waals surface area contributed by atoms with Gasteiger partial charge >= 0.3 is 17.9 Å². The molecule has 5 rings (SSSR count). The standard InChI is InChI=1S/C31H24N4O8S/c1-2-33-23-6-4-3-5-19(23)21-13-17(7-11-24(21)33)25-12-9-18(44-25)8-10-20-29(40)34(15-26(36)37)28(22(14-32)31(42)43)35(30(20)41)16-27(38)39/h3-7,9-13H,2,8,15-16H2,1H3,(H,36,37)(H,38,39)(H,42,43). The lowest BCUT2D eigenvalue weighted by molar-refractivity contribution is -0.138. The second-order valence-electron chi connectivity index (χ2n) is 9.77. The Labute approximate surface area is 251 Å². The molecule has 3 heterocycles. The minimum absolute atomic E-state index is 0.0692. The van der Waals surface area contributed by atoms with Crippen molar-refractivity contribution in [3.05, 3.63) is 90.9 Å². The fraction of sp³-hybridized carbons (Fsp3) is 0.161. The molecule has 0 atom stereocenters. The van der Waals surface area contributed by atoms with Crippen molar-refractivity contribution in [3.8, 4) is 16.5 Å². The van der Waals surface area contributed by atoms with Crippen molar-refractivity contribution in [1.29, 1.82) is 5.26 Å². The van der Waals surface area contributed by atoms with Gasteiger partial charge in [0.1, 0.15) is 29.9 Å². The van der Waals surface area contributed by atoms with E-state index in [4.69, 9.17) is 0 Å². The number of aryl methyl sites for hydroxylation is 1. The van der Waals surface area contributed by atoms with E-state index >= 15 is 0 Å². The molecule has 5 aromatic rings. The quantitative estimate of drug-likeness (QED) is 0.223. The highest BCUT2D eigenvalue weighted by Gasteiger charge is 2.21. The fourth-order valence-electron chi connectivity index (χ4n) is 5.32. The molecule has 0 aliphatic carbocycles. The van der Waals surface area contributed by atoms with Crippen LogP contribution in [0.4, 0.5) is 0 Å². The molecule has 2 aromatic carbocycles. The number of benzene rings is 2. The number of aliphatic carboxylic acids is 3. The van der Waals surface area contributed by atoms with Crippen LogP contribution in [0, 0.1) is 11.3 Å². The monoisotopic (exact) mass is 612 g/mol. The van der Waals surface area contributed by atoms with Crippen molar-refractivity contribution in [1.82, 2.24) is 13.7 Å². The first-order chi connectivity index (χ1) is 21.0. The van der Waals surface area contributed by atoms with E-state index in [9.17, 15) is 44.6 Å². The van der Waals surface area contributed by atoms with Gasteiger partial charge in [0.2, 0.25) is 0 Å². The number of fused-ring (bicyclic) bond motifs is 3. The number of nitriles is 1. The molecule has 222 valence electrons. The van der Waals surface area contributed by atoms with E-state index in [-0.39, 0.29) is 6.42 Å². The molecule has 0 amide bonds. The van der Waals surface area contributed by atoms with Gasteiger partial charge in [0.25, 0.3) is 11.1 Å². The summed E-state index contributed by atoms with van der Waals surface area (Å²) >= 11 is 1.42. The zero-order valence-corrected chi connectivity index (χ0v) is 24.0. The summed E-state index contributed by atoms with van der Waals surface area (Å²) in [5.41, 5.74) is -1.14. The zero-order valence-electron chi connectivity index (χ0n) is 23.2. The summed E-state index contributed by atoms with van der Waals surface area (Å²) in [6.07, 6.45) is 1.32. The van der Waals surface area contributed by atoms with Crippen LogP contribution in [0.15, 0.2) is 64.2 Å². The van der Waals surface area contributed by atoms with Crippen molar-refractivity contribution in [2.24, 2.45) is 0 Å². The molecule has 0 bridgehead atoms. The highest BCUT2D eigenvalue weighted by atomic mass is 32.1. The van der Waals surface area contributed by atoms with Gasteiger partial charge < -0.3 is 19.9 Å². The van der Waals surface area contributed by atoms with Crippen molar-refractivity contribution >= 4 is 62.7 Å². The molecule has 13 heteroatoms. The summed E-state index contributed by atoms with van der Waals surface area (Å²) in [5, 5.41) is 39.3. The van der Waals surface area contributed by atoms with E-state index < -0.39 is 58.4 Å². The van der Waals surface area contributed by atoms with E-state index in [0.717, 1.165) is 43.7 Å². The van der Waals surface area contributed by atoms with Crippen LogP contribution in [0.2, 0.25) is 0 Å². The van der Waals surface area contributed by atoms with Crippen LogP contribution >= 0.6 is 11.3 Å². The molecular formula is C31H24N4O8S. The maximum atomic E-state index is 13.3. The number of carbonyl (C=O) groups is 3. The number of rotatable bonds is 9. The Kier molecular flexibility index (Phi) is 8.02. The van der Waals surface area contributed by atoms with Crippen molar-refractivity contribution in [2.75, 3.05) is 0 Å². The van der Waals surface area contributed by atoms with Gasteiger partial charge in [-0.3, -0.25) is 28.3 Å². The average molecular weight is 613 g/mol. The SMILES string of the molecule is CCn1c2ccccc2c2cc(-c3ccc(CC=c4c(=O)n(CC(=O)O)c(=C(C#N)C(=O)O)n(CC(=O)O)c4=O)s3)ccc21. The molecule has 0 aliphatic rings. The number of carboxylic acids is 3. The fourth-order valence-corrected chi connectivity index (χ4v) is 6.28. The summed E-state index contributed by atoms with van der Waals surface area (Å²) < 4.78 is 3.09. The van der Waals surface area contributed by atoms with E-state index in [1.165, 1.54) is 23.5 Å². The number of aromatic nitrogens is 3. The van der Waals surface area contributed by atoms with E-state index in [1.54, 1.807) is 0 Å². The summed E-state index contributed by atoms with van der Waals surface area (Å²) in [6.45, 7) is 0.702. The summed E-state index contributed by atoms with van der Waals surface area (Å²) in [5.74, 6) is -4.99. The Hall–Kier alpha value is -5.74. The van der Waals surface area contributed by atoms with Gasteiger partial charge in [-0.1, -0.05) is 30.3 Å². The van der Waals surface area contributed by atoms with Crippen molar-refractivity contribution in [2.45, 2.75) is 33.0 Å². The van der Waals surface area contributed by atoms with Gasteiger partial charge in [-0.2, -0.15) is 5.26 Å². The molecule has 0 fully saturated rings. The molecule has 3 aromatic heterocycles. The molecular weight excluding hydrogens is 588 g/mol. The topological polar surface area (TPSA) is 185 Å². The Morgan fingerprint density at radius 3 is 2.09 bits per heavy atom. The minimum Gasteiger partial charge on any atom is -0.480 e. The van der Waals surface area contributed by atoms with Crippen molar-refractivity contribution < 1.29 is 29.7 Å². The molecule has 0 saturated carbocycles. The van der Waals surface area contributed by atoms with Gasteiger partial charge in [-0.05, 0) is 42.8 Å². The lowest BCUT2D eigenvalue weighted by Crippen LogP contribution is -2.60.